The van der Waals surface area contributed by atoms with Gasteiger partial charge in [-0.1, -0.05) is 0 Å². The Morgan fingerprint density at radius 1 is 1.45 bits per heavy atom. The van der Waals surface area contributed by atoms with Crippen molar-refractivity contribution in [3.8, 4) is 0 Å². The van der Waals surface area contributed by atoms with Crippen LogP contribution in [0.4, 0.5) is 0 Å². The molecule has 8 nitrogen and oxygen atoms in total. The Hall–Kier alpha value is -0.470. The third kappa shape index (κ3) is 5.95. The van der Waals surface area contributed by atoms with Crippen molar-refractivity contribution in [1.29, 1.82) is 0 Å². The second kappa shape index (κ2) is 3.28. The molecule has 66 valence electrons. The normalized spacial score (nSPS) is 16.9. The minimum absolute atomic E-state index is 0.494. The summed E-state index contributed by atoms with van der Waals surface area (Å²) in [6, 6.07) is 0. The van der Waals surface area contributed by atoms with Gasteiger partial charge in [-0.2, -0.15) is 8.42 Å². The first kappa shape index (κ1) is 10.5. The van der Waals surface area contributed by atoms with Gasteiger partial charge in [-0.05, 0) is 0 Å². The van der Waals surface area contributed by atoms with Gasteiger partial charge in [0.1, 0.15) is 0 Å². The van der Waals surface area contributed by atoms with E-state index in [2.05, 4.69) is 8.49 Å². The zero-order valence-electron chi connectivity index (χ0n) is 4.78. The maximum absolute atomic E-state index is 10.2. The van der Waals surface area contributed by atoms with Crippen molar-refractivity contribution in [3.05, 3.63) is 0 Å². The standard InChI is InChI=1S/CH3O8PS/c2-1-8-10(3,4)9-11(5,6)7/h1H,(H,3,4)(H,5,6,7). The largest absolute Gasteiger partial charge is 0.546 e. The first-order valence-corrected chi connectivity index (χ1v) is 4.76. The van der Waals surface area contributed by atoms with Gasteiger partial charge in [-0.15, -0.1) is 3.97 Å². The molecule has 11 heavy (non-hydrogen) atoms. The fraction of sp³-hybridized carbons (Fsp3) is 0. The van der Waals surface area contributed by atoms with E-state index < -0.39 is 24.7 Å². The lowest BCUT2D eigenvalue weighted by molar-refractivity contribution is -0.121. The Morgan fingerprint density at radius 2 is 1.91 bits per heavy atom. The van der Waals surface area contributed by atoms with E-state index in [4.69, 9.17) is 9.45 Å². The fourth-order valence-corrected chi connectivity index (χ4v) is 1.39. The lowest BCUT2D eigenvalue weighted by Crippen LogP contribution is -2.02. The Bertz CT molecular complexity index is 274. The van der Waals surface area contributed by atoms with E-state index in [-0.39, 0.29) is 0 Å². The van der Waals surface area contributed by atoms with Crippen LogP contribution in [0, 0.1) is 0 Å². The van der Waals surface area contributed by atoms with E-state index in [9.17, 15) is 17.8 Å². The van der Waals surface area contributed by atoms with E-state index in [0.717, 1.165) is 0 Å². The highest BCUT2D eigenvalue weighted by Gasteiger charge is 2.29. The van der Waals surface area contributed by atoms with Crippen LogP contribution in [0.1, 0.15) is 0 Å². The third-order valence-corrected chi connectivity index (χ3v) is 2.22. The molecule has 0 aromatic carbocycles. The lowest BCUT2D eigenvalue weighted by atomic mass is 11.7. The average molecular weight is 206 g/mol. The van der Waals surface area contributed by atoms with Crippen molar-refractivity contribution in [1.82, 2.24) is 0 Å². The van der Waals surface area contributed by atoms with E-state index in [1.54, 1.807) is 0 Å². The van der Waals surface area contributed by atoms with Crippen LogP contribution < -0.4 is 0 Å². The van der Waals surface area contributed by atoms with Gasteiger partial charge in [0.25, 0.3) is 0 Å². The summed E-state index contributed by atoms with van der Waals surface area (Å²) in [5.74, 6) is 0. The quantitative estimate of drug-likeness (QED) is 0.343. The first-order chi connectivity index (χ1) is 4.77. The van der Waals surface area contributed by atoms with Crippen LogP contribution in [-0.2, 0) is 28.3 Å². The molecule has 0 aliphatic carbocycles. The highest BCUT2D eigenvalue weighted by molar-refractivity contribution is 7.85. The summed E-state index contributed by atoms with van der Waals surface area (Å²) >= 11 is 0. The highest BCUT2D eigenvalue weighted by Crippen LogP contribution is 2.43. The average Bonchev–Trinajstić information content (AvgIpc) is 1.55. The number of carbonyl (C=O) groups excluding carboxylic acids is 1. The molecule has 10 heteroatoms. The van der Waals surface area contributed by atoms with Gasteiger partial charge in [0.2, 0.25) is 0 Å². The van der Waals surface area contributed by atoms with E-state index >= 15 is 0 Å². The summed E-state index contributed by atoms with van der Waals surface area (Å²) < 4.78 is 43.8. The second-order valence-corrected chi connectivity index (χ2v) is 3.77. The van der Waals surface area contributed by atoms with Crippen LogP contribution in [0.15, 0.2) is 0 Å². The summed E-state index contributed by atoms with van der Waals surface area (Å²) in [7, 11) is -10.1. The van der Waals surface area contributed by atoms with Crippen molar-refractivity contribution >= 4 is 24.7 Å². The molecular weight excluding hydrogens is 203 g/mol. The molecule has 1 atom stereocenters. The van der Waals surface area contributed by atoms with E-state index in [1.807, 2.05) is 0 Å². The molecule has 0 radical (unpaired) electrons. The SMILES string of the molecule is O=COP(=O)(O)OS(=O)(=O)O. The maximum Gasteiger partial charge on any atom is 0.546 e. The first-order valence-electron chi connectivity index (χ1n) is 1.90. The molecule has 0 aromatic heterocycles. The summed E-state index contributed by atoms with van der Waals surface area (Å²) in [5.41, 5.74) is 0. The smallest absolute Gasteiger partial charge is 0.372 e. The van der Waals surface area contributed by atoms with Crippen molar-refractivity contribution in [2.75, 3.05) is 0 Å². The van der Waals surface area contributed by atoms with Gasteiger partial charge in [-0.3, -0.25) is 14.2 Å². The molecular formula is CH3O8PS. The molecule has 0 saturated heterocycles. The van der Waals surface area contributed by atoms with Crippen molar-refractivity contribution in [2.24, 2.45) is 0 Å². The molecule has 0 saturated carbocycles. The van der Waals surface area contributed by atoms with Crippen molar-refractivity contribution in [2.45, 2.75) is 0 Å². The maximum atomic E-state index is 10.2. The number of rotatable bonds is 4. The molecule has 0 spiro atoms. The molecule has 2 N–H and O–H groups in total. The number of hydrogen-bond donors (Lipinski definition) is 2. The molecule has 0 bridgehead atoms. The minimum atomic E-state index is -5.10. The Balaban J connectivity index is 4.37. The molecule has 0 aromatic rings. The molecule has 1 unspecified atom stereocenters. The molecule has 0 rings (SSSR count). The van der Waals surface area contributed by atoms with Gasteiger partial charge < -0.3 is 4.52 Å². The molecule has 0 aliphatic rings. The van der Waals surface area contributed by atoms with Crippen LogP contribution in [0.5, 0.6) is 0 Å². The van der Waals surface area contributed by atoms with Gasteiger partial charge in [0.15, 0.2) is 0 Å². The fourth-order valence-electron chi connectivity index (χ4n) is 0.191. The topological polar surface area (TPSA) is 127 Å². The predicted molar refractivity (Wildman–Crippen MR) is 29.6 cm³/mol. The van der Waals surface area contributed by atoms with Crippen LogP contribution in [-0.4, -0.2) is 24.3 Å². The van der Waals surface area contributed by atoms with E-state index in [1.165, 1.54) is 0 Å². The zero-order valence-corrected chi connectivity index (χ0v) is 6.49. The monoisotopic (exact) mass is 206 g/mol. The zero-order chi connectivity index (χ0) is 9.12. The highest BCUT2D eigenvalue weighted by atomic mass is 32.3. The lowest BCUT2D eigenvalue weighted by Gasteiger charge is -2.03. The van der Waals surface area contributed by atoms with Gasteiger partial charge >= 0.3 is 24.7 Å². The summed E-state index contributed by atoms with van der Waals surface area (Å²) in [4.78, 5) is 17.6. The van der Waals surface area contributed by atoms with Gasteiger partial charge in [-0.25, -0.2) is 4.57 Å². The number of phosphoric ester groups is 1. The third-order valence-electron chi connectivity index (χ3n) is 0.365. The van der Waals surface area contributed by atoms with Crippen LogP contribution in [0.3, 0.4) is 0 Å². The molecule has 0 aliphatic heterocycles. The van der Waals surface area contributed by atoms with E-state index in [0.29, 0.717) is 0 Å². The Labute approximate surface area is 61.3 Å². The number of phosphoric acid groups is 1. The number of carbonyl (C=O) groups is 1. The van der Waals surface area contributed by atoms with Gasteiger partial charge in [0.05, 0.1) is 0 Å². The molecule has 0 heterocycles. The Kier molecular flexibility index (Phi) is 3.14. The van der Waals surface area contributed by atoms with Crippen LogP contribution >= 0.6 is 7.82 Å². The summed E-state index contributed by atoms with van der Waals surface area (Å²) in [5, 5.41) is 0. The van der Waals surface area contributed by atoms with Crippen LogP contribution in [0.2, 0.25) is 0 Å². The molecule has 0 amide bonds. The number of hydrogen-bond acceptors (Lipinski definition) is 6. The molecule has 0 fully saturated rings. The Morgan fingerprint density at radius 3 is 2.18 bits per heavy atom. The summed E-state index contributed by atoms with van der Waals surface area (Å²) in [6.45, 7) is -0.494. The predicted octanol–water partition coefficient (Wildman–Crippen LogP) is -0.921. The second-order valence-electron chi connectivity index (χ2n) is 1.17. The van der Waals surface area contributed by atoms with Crippen molar-refractivity contribution < 1.29 is 35.7 Å². The van der Waals surface area contributed by atoms with Crippen molar-refractivity contribution in [3.63, 3.8) is 0 Å². The van der Waals surface area contributed by atoms with Crippen LogP contribution in [0.25, 0.3) is 0 Å². The minimum Gasteiger partial charge on any atom is -0.372 e. The van der Waals surface area contributed by atoms with Gasteiger partial charge in [0, 0.05) is 0 Å². The summed E-state index contributed by atoms with van der Waals surface area (Å²) in [6.07, 6.45) is 0.